The Hall–Kier alpha value is -1.99. The van der Waals surface area contributed by atoms with Gasteiger partial charge in [0.25, 0.3) is 5.91 Å². The van der Waals surface area contributed by atoms with E-state index in [4.69, 9.17) is 5.73 Å². The highest BCUT2D eigenvalue weighted by Crippen LogP contribution is 2.22. The number of aromatic nitrogens is 2. The molecule has 6 nitrogen and oxygen atoms in total. The minimum Gasteiger partial charge on any atom is -0.384 e. The van der Waals surface area contributed by atoms with Crippen LogP contribution < -0.4 is 5.73 Å². The molecule has 1 aromatic heterocycles. The number of likely N-dealkylation sites (N-methyl/N-ethyl adjacent to an activating group) is 1. The van der Waals surface area contributed by atoms with Gasteiger partial charge in [-0.05, 0) is 47.6 Å². The highest BCUT2D eigenvalue weighted by molar-refractivity contribution is 9.10. The molecule has 1 unspecified atom stereocenters. The number of likely N-dealkylation sites (tertiary alicyclic amines) is 1. The highest BCUT2D eigenvalue weighted by Gasteiger charge is 2.30. The van der Waals surface area contributed by atoms with Crippen molar-refractivity contribution in [3.63, 3.8) is 0 Å². The molecule has 1 aliphatic heterocycles. The van der Waals surface area contributed by atoms with Crippen LogP contribution in [-0.2, 0) is 6.54 Å². The summed E-state index contributed by atoms with van der Waals surface area (Å²) in [5, 5.41) is 0. The van der Waals surface area contributed by atoms with Crippen LogP contribution in [0.2, 0.25) is 0 Å². The summed E-state index contributed by atoms with van der Waals surface area (Å²) >= 11 is 3.45. The lowest BCUT2D eigenvalue weighted by molar-refractivity contribution is 0.0778. The lowest BCUT2D eigenvalue weighted by atomic mass is 10.2. The molecule has 2 aromatic rings. The van der Waals surface area contributed by atoms with Crippen molar-refractivity contribution in [1.29, 1.82) is 0 Å². The zero-order chi connectivity index (χ0) is 17.1. The highest BCUT2D eigenvalue weighted by atomic mass is 79.9. The third-order valence-electron chi connectivity index (χ3n) is 4.30. The molecule has 0 bridgehead atoms. The maximum absolute atomic E-state index is 12.7. The summed E-state index contributed by atoms with van der Waals surface area (Å²) in [4.78, 5) is 25.2. The van der Waals surface area contributed by atoms with Gasteiger partial charge >= 0.3 is 0 Å². The first kappa shape index (κ1) is 16.9. The molecule has 2 N–H and O–H groups in total. The zero-order valence-corrected chi connectivity index (χ0v) is 15.1. The van der Waals surface area contributed by atoms with Gasteiger partial charge in [-0.25, -0.2) is 9.97 Å². The second kappa shape index (κ2) is 7.27. The van der Waals surface area contributed by atoms with E-state index in [9.17, 15) is 4.79 Å². The number of anilines is 1. The fourth-order valence-electron chi connectivity index (χ4n) is 2.93. The first-order chi connectivity index (χ1) is 11.5. The van der Waals surface area contributed by atoms with E-state index in [-0.39, 0.29) is 5.91 Å². The van der Waals surface area contributed by atoms with E-state index < -0.39 is 0 Å². The smallest absolute Gasteiger partial charge is 0.255 e. The Morgan fingerprint density at radius 1 is 1.42 bits per heavy atom. The molecule has 0 radical (unpaired) electrons. The standard InChI is InChI=1S/C17H20BrN5O/c1-22(11-16-20-8-6-15(19)21-16)12-7-9-23(10-12)17(24)13-4-2-3-5-14(13)18/h2-6,8,12H,7,9-11H2,1H3,(H2,19,20,21). The van der Waals surface area contributed by atoms with Crippen molar-refractivity contribution in [3.8, 4) is 0 Å². The van der Waals surface area contributed by atoms with Crippen LogP contribution in [-0.4, -0.2) is 51.9 Å². The predicted molar refractivity (Wildman–Crippen MR) is 96.4 cm³/mol. The van der Waals surface area contributed by atoms with Crippen LogP contribution in [0, 0.1) is 0 Å². The largest absolute Gasteiger partial charge is 0.384 e. The average molecular weight is 390 g/mol. The molecule has 24 heavy (non-hydrogen) atoms. The van der Waals surface area contributed by atoms with Crippen LogP contribution in [0.3, 0.4) is 0 Å². The van der Waals surface area contributed by atoms with Crippen molar-refractivity contribution in [2.24, 2.45) is 0 Å². The van der Waals surface area contributed by atoms with Gasteiger partial charge in [-0.1, -0.05) is 12.1 Å². The quantitative estimate of drug-likeness (QED) is 0.866. The third-order valence-corrected chi connectivity index (χ3v) is 4.99. The first-order valence-electron chi connectivity index (χ1n) is 7.86. The van der Waals surface area contributed by atoms with Crippen molar-refractivity contribution in [2.45, 2.75) is 19.0 Å². The van der Waals surface area contributed by atoms with E-state index in [0.717, 1.165) is 17.4 Å². The van der Waals surface area contributed by atoms with Gasteiger partial charge in [0, 0.05) is 29.8 Å². The SMILES string of the molecule is CN(Cc1nccc(N)n1)C1CCN(C(=O)c2ccccc2Br)C1. The van der Waals surface area contributed by atoms with Crippen molar-refractivity contribution in [2.75, 3.05) is 25.9 Å². The number of hydrogen-bond donors (Lipinski definition) is 1. The Kier molecular flexibility index (Phi) is 5.11. The van der Waals surface area contributed by atoms with Gasteiger partial charge in [0.15, 0.2) is 0 Å². The summed E-state index contributed by atoms with van der Waals surface area (Å²) < 4.78 is 0.833. The molecule has 126 valence electrons. The van der Waals surface area contributed by atoms with Gasteiger partial charge in [0.05, 0.1) is 12.1 Å². The summed E-state index contributed by atoms with van der Waals surface area (Å²) in [5.41, 5.74) is 6.41. The maximum Gasteiger partial charge on any atom is 0.255 e. The van der Waals surface area contributed by atoms with Gasteiger partial charge in [0.1, 0.15) is 11.6 Å². The average Bonchev–Trinajstić information content (AvgIpc) is 3.05. The number of halogens is 1. The van der Waals surface area contributed by atoms with Gasteiger partial charge < -0.3 is 10.6 Å². The van der Waals surface area contributed by atoms with E-state index in [1.54, 1.807) is 12.3 Å². The lowest BCUT2D eigenvalue weighted by Crippen LogP contribution is -2.36. The van der Waals surface area contributed by atoms with Crippen molar-refractivity contribution in [3.05, 3.63) is 52.4 Å². The summed E-state index contributed by atoms with van der Waals surface area (Å²) in [7, 11) is 2.03. The van der Waals surface area contributed by atoms with E-state index in [2.05, 4.69) is 30.8 Å². The Bertz CT molecular complexity index is 738. The van der Waals surface area contributed by atoms with Crippen LogP contribution >= 0.6 is 15.9 Å². The lowest BCUT2D eigenvalue weighted by Gasteiger charge is -2.24. The molecule has 7 heteroatoms. The molecule has 1 saturated heterocycles. The second-order valence-corrected chi connectivity index (χ2v) is 6.84. The normalized spacial score (nSPS) is 17.5. The molecular weight excluding hydrogens is 370 g/mol. The number of rotatable bonds is 4. The minimum atomic E-state index is 0.0681. The van der Waals surface area contributed by atoms with Crippen LogP contribution in [0.1, 0.15) is 22.6 Å². The third kappa shape index (κ3) is 3.73. The molecule has 1 fully saturated rings. The molecule has 0 aliphatic carbocycles. The summed E-state index contributed by atoms with van der Waals surface area (Å²) in [6.07, 6.45) is 2.61. The van der Waals surface area contributed by atoms with E-state index in [1.165, 1.54) is 0 Å². The first-order valence-corrected chi connectivity index (χ1v) is 8.65. The number of nitrogens with zero attached hydrogens (tertiary/aromatic N) is 4. The van der Waals surface area contributed by atoms with Crippen LogP contribution in [0.25, 0.3) is 0 Å². The molecule has 3 rings (SSSR count). The number of nitrogen functional groups attached to an aromatic ring is 1. The number of amides is 1. The molecule has 1 aromatic carbocycles. The molecule has 1 amide bonds. The molecule has 0 spiro atoms. The number of benzene rings is 1. The van der Waals surface area contributed by atoms with Crippen molar-refractivity contribution in [1.82, 2.24) is 19.8 Å². The topological polar surface area (TPSA) is 75.4 Å². The molecule has 1 aliphatic rings. The summed E-state index contributed by atoms with van der Waals surface area (Å²) in [5.74, 6) is 1.25. The van der Waals surface area contributed by atoms with Crippen LogP contribution in [0.4, 0.5) is 5.82 Å². The Morgan fingerprint density at radius 3 is 2.96 bits per heavy atom. The minimum absolute atomic E-state index is 0.0681. The fraction of sp³-hybridized carbons (Fsp3) is 0.353. The van der Waals surface area contributed by atoms with Gasteiger partial charge in [0.2, 0.25) is 0 Å². The van der Waals surface area contributed by atoms with E-state index in [1.807, 2.05) is 36.2 Å². The maximum atomic E-state index is 12.7. The van der Waals surface area contributed by atoms with Gasteiger partial charge in [-0.15, -0.1) is 0 Å². The molecule has 0 saturated carbocycles. The number of carbonyl (C=O) groups excluding carboxylic acids is 1. The molecule has 1 atom stereocenters. The molecule has 2 heterocycles. The monoisotopic (exact) mass is 389 g/mol. The van der Waals surface area contributed by atoms with Crippen LogP contribution in [0.15, 0.2) is 41.0 Å². The number of hydrogen-bond acceptors (Lipinski definition) is 5. The van der Waals surface area contributed by atoms with E-state index >= 15 is 0 Å². The molecular formula is C17H20BrN5O. The zero-order valence-electron chi connectivity index (χ0n) is 13.5. The van der Waals surface area contributed by atoms with Crippen molar-refractivity contribution >= 4 is 27.7 Å². The fourth-order valence-corrected chi connectivity index (χ4v) is 3.39. The van der Waals surface area contributed by atoms with Gasteiger partial charge in [-0.3, -0.25) is 9.69 Å². The Labute approximate surface area is 149 Å². The number of nitrogens with two attached hydrogens (primary N) is 1. The summed E-state index contributed by atoms with van der Waals surface area (Å²) in [6.45, 7) is 2.08. The van der Waals surface area contributed by atoms with Crippen LogP contribution in [0.5, 0.6) is 0 Å². The summed E-state index contributed by atoms with van der Waals surface area (Å²) in [6, 6.07) is 9.51. The second-order valence-electron chi connectivity index (χ2n) is 5.99. The Balaban J connectivity index is 1.62. The predicted octanol–water partition coefficient (Wildman–Crippen LogP) is 2.17. The van der Waals surface area contributed by atoms with Crippen molar-refractivity contribution < 1.29 is 4.79 Å². The van der Waals surface area contributed by atoms with E-state index in [0.29, 0.717) is 36.3 Å². The number of carbonyl (C=O) groups is 1. The Morgan fingerprint density at radius 2 is 2.21 bits per heavy atom. The van der Waals surface area contributed by atoms with Gasteiger partial charge in [-0.2, -0.15) is 0 Å².